The maximum absolute atomic E-state index is 14.9. The normalized spacial score (nSPS) is 12.9. The Kier molecular flexibility index (Phi) is 5.12. The summed E-state index contributed by atoms with van der Waals surface area (Å²) in [6.07, 6.45) is 1.52. The lowest BCUT2D eigenvalue weighted by Crippen LogP contribution is -2.37. The third-order valence-electron chi connectivity index (χ3n) is 4.12. The van der Waals surface area contributed by atoms with E-state index in [1.165, 1.54) is 55.6 Å². The van der Waals surface area contributed by atoms with Crippen LogP contribution in [-0.4, -0.2) is 11.0 Å². The van der Waals surface area contributed by atoms with Gasteiger partial charge in [0.05, 0.1) is 5.69 Å². The first-order chi connectivity index (χ1) is 12.9. The summed E-state index contributed by atoms with van der Waals surface area (Å²) in [6, 6.07) is 16.3. The zero-order valence-corrected chi connectivity index (χ0v) is 14.7. The number of aromatic nitrogens is 1. The highest BCUT2D eigenvalue weighted by Gasteiger charge is 2.44. The molecular weight excluding hydrogens is 348 g/mol. The van der Waals surface area contributed by atoms with Crippen LogP contribution >= 0.6 is 0 Å². The molecule has 1 heterocycles. The number of carbonyl (C=O) groups excluding carboxylic acids is 1. The summed E-state index contributed by atoms with van der Waals surface area (Å²) in [6.45, 7) is 5.11. The first-order valence-electron chi connectivity index (χ1n) is 8.26. The van der Waals surface area contributed by atoms with Crippen LogP contribution in [0.5, 0.6) is 0 Å². The molecule has 136 valence electrons. The van der Waals surface area contributed by atoms with Gasteiger partial charge in [-0.25, -0.2) is 13.6 Å². The van der Waals surface area contributed by atoms with Crippen molar-refractivity contribution >= 4 is 5.97 Å². The molecule has 0 bridgehead atoms. The number of ether oxygens (including phenoxy) is 1. The van der Waals surface area contributed by atoms with Crippen LogP contribution in [0.4, 0.5) is 8.78 Å². The van der Waals surface area contributed by atoms with Crippen molar-refractivity contribution in [1.82, 2.24) is 4.98 Å². The summed E-state index contributed by atoms with van der Waals surface area (Å²) in [5.41, 5.74) is -0.812. The minimum absolute atomic E-state index is 0.0879. The molecule has 0 radical (unpaired) electrons. The molecule has 1 aromatic heterocycles. The van der Waals surface area contributed by atoms with Gasteiger partial charge >= 0.3 is 5.97 Å². The van der Waals surface area contributed by atoms with Crippen molar-refractivity contribution in [2.45, 2.75) is 12.5 Å². The summed E-state index contributed by atoms with van der Waals surface area (Å²) < 4.78 is 34.2. The van der Waals surface area contributed by atoms with Crippen molar-refractivity contribution < 1.29 is 18.3 Å². The maximum Gasteiger partial charge on any atom is 0.334 e. The summed E-state index contributed by atoms with van der Waals surface area (Å²) >= 11 is 0. The largest absolute Gasteiger partial charge is 0.439 e. The third-order valence-corrected chi connectivity index (χ3v) is 4.12. The van der Waals surface area contributed by atoms with E-state index in [4.69, 9.17) is 4.74 Å². The Balaban J connectivity index is 2.37. The second kappa shape index (κ2) is 7.50. The van der Waals surface area contributed by atoms with Crippen LogP contribution in [0.1, 0.15) is 23.7 Å². The molecule has 0 amide bonds. The maximum atomic E-state index is 14.9. The SMILES string of the molecule is C=C(C)C(=O)O[C@@](c1ccc(F)cc1)(c1ccccn1)c1ccccc1F. The quantitative estimate of drug-likeness (QED) is 0.483. The molecule has 3 aromatic rings. The number of nitrogens with zero attached hydrogens (tertiary/aromatic N) is 1. The number of benzene rings is 2. The third kappa shape index (κ3) is 3.49. The molecule has 3 rings (SSSR count). The Hall–Kier alpha value is -3.34. The van der Waals surface area contributed by atoms with Gasteiger partial charge in [0.15, 0.2) is 0 Å². The van der Waals surface area contributed by atoms with E-state index in [0.717, 1.165) is 0 Å². The fourth-order valence-corrected chi connectivity index (χ4v) is 2.84. The number of halogens is 2. The number of esters is 1. The van der Waals surface area contributed by atoms with Crippen molar-refractivity contribution in [1.29, 1.82) is 0 Å². The van der Waals surface area contributed by atoms with Crippen molar-refractivity contribution in [3.05, 3.63) is 114 Å². The molecule has 0 N–H and O–H groups in total. The second-order valence-electron chi connectivity index (χ2n) is 6.05. The van der Waals surface area contributed by atoms with E-state index in [1.807, 2.05) is 0 Å². The molecule has 0 aliphatic rings. The summed E-state index contributed by atoms with van der Waals surface area (Å²) in [4.78, 5) is 16.8. The van der Waals surface area contributed by atoms with Crippen LogP contribution in [-0.2, 0) is 15.1 Å². The molecule has 0 aliphatic carbocycles. The van der Waals surface area contributed by atoms with Crippen molar-refractivity contribution in [2.75, 3.05) is 0 Å². The lowest BCUT2D eigenvalue weighted by atomic mass is 9.82. The van der Waals surface area contributed by atoms with Crippen LogP contribution in [0.15, 0.2) is 85.1 Å². The predicted octanol–water partition coefficient (Wildman–Crippen LogP) is 4.77. The number of hydrogen-bond acceptors (Lipinski definition) is 3. The molecule has 0 saturated heterocycles. The van der Waals surface area contributed by atoms with Crippen molar-refractivity contribution in [2.24, 2.45) is 0 Å². The molecule has 5 heteroatoms. The Morgan fingerprint density at radius 1 is 1.00 bits per heavy atom. The smallest absolute Gasteiger partial charge is 0.334 e. The molecule has 2 aromatic carbocycles. The first-order valence-corrected chi connectivity index (χ1v) is 8.26. The standard InChI is InChI=1S/C22H17F2NO2/c1-15(2)21(26)27-22(20-9-5-6-14-25-20,16-10-12-17(23)13-11-16)18-7-3-4-8-19(18)24/h3-14H,1H2,2H3/t22-/m1/s1. The molecule has 27 heavy (non-hydrogen) atoms. The van der Waals surface area contributed by atoms with Gasteiger partial charge in [-0.2, -0.15) is 0 Å². The number of rotatable bonds is 5. The van der Waals surface area contributed by atoms with E-state index < -0.39 is 23.2 Å². The van der Waals surface area contributed by atoms with Crippen LogP contribution in [0, 0.1) is 11.6 Å². The average molecular weight is 365 g/mol. The lowest BCUT2D eigenvalue weighted by molar-refractivity contribution is -0.148. The van der Waals surface area contributed by atoms with E-state index in [1.54, 1.807) is 24.3 Å². The molecule has 1 atom stereocenters. The van der Waals surface area contributed by atoms with Crippen LogP contribution in [0.2, 0.25) is 0 Å². The van der Waals surface area contributed by atoms with Gasteiger partial charge in [-0.3, -0.25) is 4.98 Å². The van der Waals surface area contributed by atoms with Gasteiger partial charge in [0.2, 0.25) is 5.60 Å². The molecule has 3 nitrogen and oxygen atoms in total. The van der Waals surface area contributed by atoms with Gasteiger partial charge in [0.25, 0.3) is 0 Å². The minimum Gasteiger partial charge on any atom is -0.439 e. The van der Waals surface area contributed by atoms with E-state index >= 15 is 0 Å². The van der Waals surface area contributed by atoms with Gasteiger partial charge < -0.3 is 4.74 Å². The molecule has 0 unspecified atom stereocenters. The van der Waals surface area contributed by atoms with Gasteiger partial charge in [0, 0.05) is 22.9 Å². The van der Waals surface area contributed by atoms with E-state index in [2.05, 4.69) is 11.6 Å². The van der Waals surface area contributed by atoms with Crippen molar-refractivity contribution in [3.8, 4) is 0 Å². The fourth-order valence-electron chi connectivity index (χ4n) is 2.84. The van der Waals surface area contributed by atoms with Crippen LogP contribution in [0.25, 0.3) is 0 Å². The fraction of sp³-hybridized carbons (Fsp3) is 0.0909. The van der Waals surface area contributed by atoms with Gasteiger partial charge in [-0.15, -0.1) is 0 Å². The molecule has 0 spiro atoms. The number of carbonyl (C=O) groups is 1. The highest BCUT2D eigenvalue weighted by Crippen LogP contribution is 2.41. The summed E-state index contributed by atoms with van der Waals surface area (Å²) in [5.74, 6) is -1.76. The van der Waals surface area contributed by atoms with Gasteiger partial charge in [-0.05, 0) is 37.3 Å². The minimum atomic E-state index is -1.70. The Morgan fingerprint density at radius 3 is 2.26 bits per heavy atom. The molecule has 0 saturated carbocycles. The van der Waals surface area contributed by atoms with E-state index in [-0.39, 0.29) is 16.8 Å². The highest BCUT2D eigenvalue weighted by molar-refractivity contribution is 5.88. The second-order valence-corrected chi connectivity index (χ2v) is 6.05. The van der Waals surface area contributed by atoms with Crippen LogP contribution < -0.4 is 0 Å². The van der Waals surface area contributed by atoms with E-state index in [9.17, 15) is 13.6 Å². The predicted molar refractivity (Wildman–Crippen MR) is 97.8 cm³/mol. The highest BCUT2D eigenvalue weighted by atomic mass is 19.1. The van der Waals surface area contributed by atoms with Crippen LogP contribution in [0.3, 0.4) is 0 Å². The Morgan fingerprint density at radius 2 is 1.67 bits per heavy atom. The first kappa shape index (κ1) is 18.5. The monoisotopic (exact) mass is 365 g/mol. The lowest BCUT2D eigenvalue weighted by Gasteiger charge is -2.34. The Labute approximate surface area is 156 Å². The molecule has 0 aliphatic heterocycles. The Bertz CT molecular complexity index is 971. The van der Waals surface area contributed by atoms with Crippen molar-refractivity contribution in [3.63, 3.8) is 0 Å². The topological polar surface area (TPSA) is 39.2 Å². The zero-order chi connectivity index (χ0) is 19.4. The molecule has 0 fully saturated rings. The molecular formula is C22H17F2NO2. The summed E-state index contributed by atoms with van der Waals surface area (Å²) in [5, 5.41) is 0. The van der Waals surface area contributed by atoms with Gasteiger partial charge in [-0.1, -0.05) is 43.0 Å². The van der Waals surface area contributed by atoms with Gasteiger partial charge in [0.1, 0.15) is 11.6 Å². The summed E-state index contributed by atoms with van der Waals surface area (Å²) in [7, 11) is 0. The number of hydrogen-bond donors (Lipinski definition) is 0. The van der Waals surface area contributed by atoms with E-state index in [0.29, 0.717) is 5.56 Å². The zero-order valence-electron chi connectivity index (χ0n) is 14.7. The number of pyridine rings is 1. The average Bonchev–Trinajstić information content (AvgIpc) is 2.68.